The van der Waals surface area contributed by atoms with Crippen LogP contribution in [0.4, 0.5) is 11.5 Å². The number of phenols is 1. The molecule has 2 saturated heterocycles. The molecule has 0 amide bonds. The SMILES string of the molecule is Oc1ccccc1-c1cc2c(nn1)NC[C@H]1CN(C[C@@H]3CNCCO3)CCN21. The summed E-state index contributed by atoms with van der Waals surface area (Å²) < 4.78 is 5.87. The van der Waals surface area contributed by atoms with E-state index < -0.39 is 0 Å². The van der Waals surface area contributed by atoms with E-state index in [-0.39, 0.29) is 11.9 Å². The number of hydrogen-bond acceptors (Lipinski definition) is 8. The number of benzene rings is 1. The standard InChI is InChI=1S/C20H26N6O2/c27-19-4-2-1-3-16(19)17-9-18-20(24-23-17)22-10-14-12-25(6-7-26(14)18)13-15-11-21-5-8-28-15/h1-4,9,14-15,21,27H,5-8,10-13H2,(H,22,24)/t14-,15-/m0/s1. The summed E-state index contributed by atoms with van der Waals surface area (Å²) in [4.78, 5) is 4.94. The molecule has 3 aliphatic heterocycles. The topological polar surface area (TPSA) is 85.8 Å². The maximum Gasteiger partial charge on any atom is 0.172 e. The molecule has 0 saturated carbocycles. The minimum Gasteiger partial charge on any atom is -0.507 e. The van der Waals surface area contributed by atoms with Crippen LogP contribution in [0.1, 0.15) is 0 Å². The average molecular weight is 382 g/mol. The van der Waals surface area contributed by atoms with E-state index >= 15 is 0 Å². The summed E-state index contributed by atoms with van der Waals surface area (Å²) in [6.07, 6.45) is 0.280. The van der Waals surface area contributed by atoms with Gasteiger partial charge in [0.15, 0.2) is 5.82 Å². The lowest BCUT2D eigenvalue weighted by Gasteiger charge is -2.46. The minimum atomic E-state index is 0.225. The van der Waals surface area contributed by atoms with Crippen LogP contribution in [0.25, 0.3) is 11.3 Å². The van der Waals surface area contributed by atoms with Crippen molar-refractivity contribution in [1.29, 1.82) is 0 Å². The highest BCUT2D eigenvalue weighted by Crippen LogP contribution is 2.35. The van der Waals surface area contributed by atoms with Gasteiger partial charge in [0.05, 0.1) is 30.1 Å². The molecule has 5 rings (SSSR count). The van der Waals surface area contributed by atoms with E-state index in [0.717, 1.165) is 63.9 Å². The van der Waals surface area contributed by atoms with Gasteiger partial charge < -0.3 is 25.4 Å². The number of piperazine rings is 1. The number of phenolic OH excluding ortho intramolecular Hbond substituents is 1. The van der Waals surface area contributed by atoms with Crippen molar-refractivity contribution < 1.29 is 9.84 Å². The van der Waals surface area contributed by atoms with Gasteiger partial charge in [-0.05, 0) is 18.2 Å². The van der Waals surface area contributed by atoms with Crippen molar-refractivity contribution in [2.45, 2.75) is 12.1 Å². The Morgan fingerprint density at radius 1 is 1.18 bits per heavy atom. The summed E-state index contributed by atoms with van der Waals surface area (Å²) in [5.74, 6) is 1.05. The Labute approximate surface area is 164 Å². The van der Waals surface area contributed by atoms with E-state index in [0.29, 0.717) is 17.3 Å². The quantitative estimate of drug-likeness (QED) is 0.717. The Morgan fingerprint density at radius 2 is 2.11 bits per heavy atom. The molecule has 3 N–H and O–H groups in total. The first kappa shape index (κ1) is 17.7. The van der Waals surface area contributed by atoms with Gasteiger partial charge in [-0.3, -0.25) is 4.90 Å². The first-order valence-electron chi connectivity index (χ1n) is 9.99. The van der Waals surface area contributed by atoms with Crippen molar-refractivity contribution in [1.82, 2.24) is 20.4 Å². The molecule has 0 aliphatic carbocycles. The van der Waals surface area contributed by atoms with Crippen LogP contribution in [-0.2, 0) is 4.74 Å². The lowest BCUT2D eigenvalue weighted by atomic mass is 10.1. The second-order valence-electron chi connectivity index (χ2n) is 7.67. The number of anilines is 2. The summed E-state index contributed by atoms with van der Waals surface area (Å²) in [5.41, 5.74) is 2.48. The number of ether oxygens (including phenoxy) is 1. The van der Waals surface area contributed by atoms with Crippen LogP contribution < -0.4 is 15.5 Å². The van der Waals surface area contributed by atoms with Gasteiger partial charge in [-0.15, -0.1) is 10.2 Å². The largest absolute Gasteiger partial charge is 0.507 e. The zero-order valence-electron chi connectivity index (χ0n) is 15.8. The number of nitrogens with one attached hydrogen (secondary N) is 2. The number of fused-ring (bicyclic) bond motifs is 3. The number of aromatic hydroxyl groups is 1. The van der Waals surface area contributed by atoms with Crippen LogP contribution in [-0.4, -0.2) is 84.8 Å². The predicted octanol–water partition coefficient (Wildman–Crippen LogP) is 0.754. The van der Waals surface area contributed by atoms with Crippen LogP contribution in [0.15, 0.2) is 30.3 Å². The third kappa shape index (κ3) is 3.39. The Morgan fingerprint density at radius 3 is 2.96 bits per heavy atom. The van der Waals surface area contributed by atoms with Gasteiger partial charge in [-0.2, -0.15) is 0 Å². The summed E-state index contributed by atoms with van der Waals surface area (Å²) in [5, 5.41) is 25.7. The molecule has 1 aromatic heterocycles. The lowest BCUT2D eigenvalue weighted by molar-refractivity contribution is 0.00248. The molecular weight excluding hydrogens is 356 g/mol. The van der Waals surface area contributed by atoms with Crippen LogP contribution in [0.5, 0.6) is 5.75 Å². The second-order valence-corrected chi connectivity index (χ2v) is 7.67. The highest BCUT2D eigenvalue weighted by Gasteiger charge is 2.34. The highest BCUT2D eigenvalue weighted by molar-refractivity contribution is 5.76. The zero-order valence-corrected chi connectivity index (χ0v) is 15.8. The molecular formula is C20H26N6O2. The number of rotatable bonds is 3. The van der Waals surface area contributed by atoms with Crippen molar-refractivity contribution in [3.05, 3.63) is 30.3 Å². The van der Waals surface area contributed by atoms with Gasteiger partial charge in [0.2, 0.25) is 0 Å². The monoisotopic (exact) mass is 382 g/mol. The fraction of sp³-hybridized carbons (Fsp3) is 0.500. The predicted molar refractivity (Wildman–Crippen MR) is 108 cm³/mol. The fourth-order valence-corrected chi connectivity index (χ4v) is 4.37. The summed E-state index contributed by atoms with van der Waals surface area (Å²) in [6.45, 7) is 7.48. The molecule has 4 heterocycles. The second kappa shape index (κ2) is 7.54. The van der Waals surface area contributed by atoms with Gasteiger partial charge in [-0.1, -0.05) is 12.1 Å². The number of hydrogen-bond donors (Lipinski definition) is 3. The summed E-state index contributed by atoms with van der Waals surface area (Å²) >= 11 is 0. The molecule has 1 aromatic carbocycles. The summed E-state index contributed by atoms with van der Waals surface area (Å²) in [6, 6.07) is 9.69. The molecule has 2 atom stereocenters. The van der Waals surface area contributed by atoms with Crippen molar-refractivity contribution >= 4 is 11.5 Å². The number of nitrogens with zero attached hydrogens (tertiary/aromatic N) is 4. The van der Waals surface area contributed by atoms with Gasteiger partial charge in [0.25, 0.3) is 0 Å². The molecule has 8 heteroatoms. The van der Waals surface area contributed by atoms with Gasteiger partial charge in [0.1, 0.15) is 5.75 Å². The van der Waals surface area contributed by atoms with Crippen molar-refractivity contribution in [2.75, 3.05) is 62.6 Å². The van der Waals surface area contributed by atoms with E-state index in [9.17, 15) is 5.11 Å². The molecule has 0 radical (unpaired) electrons. The molecule has 2 aromatic rings. The molecule has 0 bridgehead atoms. The smallest absolute Gasteiger partial charge is 0.172 e. The van der Waals surface area contributed by atoms with E-state index in [1.54, 1.807) is 6.07 Å². The Hall–Kier alpha value is -2.42. The molecule has 148 valence electrons. The highest BCUT2D eigenvalue weighted by atomic mass is 16.5. The molecule has 2 fully saturated rings. The van der Waals surface area contributed by atoms with E-state index in [1.807, 2.05) is 24.3 Å². The molecule has 3 aliphatic rings. The van der Waals surface area contributed by atoms with Crippen LogP contribution >= 0.6 is 0 Å². The normalized spacial score (nSPS) is 24.9. The third-order valence-electron chi connectivity index (χ3n) is 5.80. The fourth-order valence-electron chi connectivity index (χ4n) is 4.37. The third-order valence-corrected chi connectivity index (χ3v) is 5.80. The zero-order chi connectivity index (χ0) is 18.9. The van der Waals surface area contributed by atoms with Crippen molar-refractivity contribution in [3.63, 3.8) is 0 Å². The average Bonchev–Trinajstić information content (AvgIpc) is 2.74. The first-order chi connectivity index (χ1) is 13.8. The van der Waals surface area contributed by atoms with E-state index in [1.165, 1.54) is 0 Å². The van der Waals surface area contributed by atoms with Crippen molar-refractivity contribution in [2.24, 2.45) is 0 Å². The Bertz CT molecular complexity index is 841. The number of aromatic nitrogens is 2. The number of morpholine rings is 1. The Balaban J connectivity index is 1.33. The molecule has 8 nitrogen and oxygen atoms in total. The number of para-hydroxylation sites is 1. The first-order valence-corrected chi connectivity index (χ1v) is 9.99. The maximum atomic E-state index is 10.2. The van der Waals surface area contributed by atoms with Gasteiger partial charge >= 0.3 is 0 Å². The van der Waals surface area contributed by atoms with Gasteiger partial charge in [0, 0.05) is 51.4 Å². The molecule has 0 spiro atoms. The van der Waals surface area contributed by atoms with Crippen LogP contribution in [0, 0.1) is 0 Å². The molecule has 28 heavy (non-hydrogen) atoms. The van der Waals surface area contributed by atoms with E-state index in [4.69, 9.17) is 4.74 Å². The minimum absolute atomic E-state index is 0.225. The van der Waals surface area contributed by atoms with Crippen LogP contribution in [0.3, 0.4) is 0 Å². The van der Waals surface area contributed by atoms with Gasteiger partial charge in [-0.25, -0.2) is 0 Å². The van der Waals surface area contributed by atoms with Crippen LogP contribution in [0.2, 0.25) is 0 Å². The lowest BCUT2D eigenvalue weighted by Crippen LogP contribution is -2.59. The molecule has 0 unspecified atom stereocenters. The summed E-state index contributed by atoms with van der Waals surface area (Å²) in [7, 11) is 0. The maximum absolute atomic E-state index is 10.2. The van der Waals surface area contributed by atoms with Crippen molar-refractivity contribution in [3.8, 4) is 17.0 Å². The Kier molecular flexibility index (Phi) is 4.76. The van der Waals surface area contributed by atoms with E-state index in [2.05, 4.69) is 30.6 Å².